The highest BCUT2D eigenvalue weighted by Crippen LogP contribution is 2.19. The van der Waals surface area contributed by atoms with E-state index in [1.165, 1.54) is 23.3 Å². The van der Waals surface area contributed by atoms with Crippen LogP contribution in [-0.4, -0.2) is 15.3 Å². The van der Waals surface area contributed by atoms with Crippen molar-refractivity contribution in [2.45, 2.75) is 25.6 Å². The maximum Gasteiger partial charge on any atom is 0.107 e. The number of para-hydroxylation sites is 2. The van der Waals surface area contributed by atoms with E-state index in [1.54, 1.807) is 0 Å². The van der Waals surface area contributed by atoms with Crippen LogP contribution < -0.4 is 0 Å². The number of hydrogen-bond donors (Lipinski definition) is 0. The van der Waals surface area contributed by atoms with Gasteiger partial charge in [0.05, 0.1) is 16.9 Å². The minimum absolute atomic E-state index is 0.987. The fraction of sp³-hybridized carbons (Fsp3) is 0.278. The number of benzene rings is 2. The minimum atomic E-state index is 0.987. The molecule has 3 heteroatoms. The van der Waals surface area contributed by atoms with Gasteiger partial charge in [-0.15, -0.1) is 11.8 Å². The number of aryl methyl sites for hydroxylation is 2. The van der Waals surface area contributed by atoms with E-state index in [9.17, 15) is 0 Å². The molecule has 0 spiro atoms. The van der Waals surface area contributed by atoms with Crippen LogP contribution in [0.1, 0.15) is 17.8 Å². The third-order valence-corrected chi connectivity index (χ3v) is 4.68. The van der Waals surface area contributed by atoms with Crippen LogP contribution in [0.3, 0.4) is 0 Å². The maximum absolute atomic E-state index is 4.61. The Morgan fingerprint density at radius 1 is 1.00 bits per heavy atom. The van der Waals surface area contributed by atoms with Gasteiger partial charge in [-0.25, -0.2) is 4.98 Å². The van der Waals surface area contributed by atoms with Gasteiger partial charge >= 0.3 is 0 Å². The van der Waals surface area contributed by atoms with Crippen LogP contribution in [0.5, 0.6) is 0 Å². The molecule has 2 aromatic carbocycles. The van der Waals surface area contributed by atoms with Gasteiger partial charge in [0, 0.05) is 0 Å². The lowest BCUT2D eigenvalue weighted by Crippen LogP contribution is -1.98. The average molecular weight is 296 g/mol. The van der Waals surface area contributed by atoms with Crippen LogP contribution in [0.2, 0.25) is 0 Å². The van der Waals surface area contributed by atoms with Crippen molar-refractivity contribution in [3.05, 3.63) is 66.0 Å². The topological polar surface area (TPSA) is 17.8 Å². The van der Waals surface area contributed by atoms with E-state index in [1.807, 2.05) is 17.8 Å². The number of rotatable bonds is 6. The lowest BCUT2D eigenvalue weighted by molar-refractivity contribution is 0.859. The number of fused-ring (bicyclic) bond motifs is 1. The molecule has 0 radical (unpaired) electrons. The monoisotopic (exact) mass is 296 g/mol. The summed E-state index contributed by atoms with van der Waals surface area (Å²) in [6, 6.07) is 19.1. The molecular formula is C18H20N2S. The third kappa shape index (κ3) is 3.48. The Kier molecular flexibility index (Phi) is 4.61. The number of imidazole rings is 1. The second kappa shape index (κ2) is 6.81. The first kappa shape index (κ1) is 14.2. The zero-order chi connectivity index (χ0) is 14.5. The highest BCUT2D eigenvalue weighted by atomic mass is 32.2. The minimum Gasteiger partial charge on any atom is -0.318 e. The van der Waals surface area contributed by atoms with E-state index < -0.39 is 0 Å². The van der Waals surface area contributed by atoms with Crippen LogP contribution >= 0.6 is 11.8 Å². The van der Waals surface area contributed by atoms with Gasteiger partial charge in [0.2, 0.25) is 0 Å². The molecule has 1 heterocycles. The first-order valence-corrected chi connectivity index (χ1v) is 8.53. The van der Waals surface area contributed by atoms with Gasteiger partial charge in [-0.3, -0.25) is 0 Å². The van der Waals surface area contributed by atoms with Crippen LogP contribution in [0.4, 0.5) is 0 Å². The maximum atomic E-state index is 4.61. The Morgan fingerprint density at radius 3 is 2.62 bits per heavy atom. The van der Waals surface area contributed by atoms with Crippen LogP contribution in [0.25, 0.3) is 11.0 Å². The van der Waals surface area contributed by atoms with Gasteiger partial charge in [-0.2, -0.15) is 0 Å². The number of thioether (sulfide) groups is 1. The summed E-state index contributed by atoms with van der Waals surface area (Å²) in [6.07, 6.45) is 2.39. The smallest absolute Gasteiger partial charge is 0.107 e. The summed E-state index contributed by atoms with van der Waals surface area (Å²) < 4.78 is 2.31. The largest absolute Gasteiger partial charge is 0.318 e. The quantitative estimate of drug-likeness (QED) is 0.615. The van der Waals surface area contributed by atoms with E-state index in [-0.39, 0.29) is 0 Å². The molecule has 0 saturated heterocycles. The average Bonchev–Trinajstić information content (AvgIpc) is 2.84. The van der Waals surface area contributed by atoms with Crippen LogP contribution in [-0.2, 0) is 12.3 Å². The van der Waals surface area contributed by atoms with Gasteiger partial charge in [0.15, 0.2) is 0 Å². The first-order valence-electron chi connectivity index (χ1n) is 7.38. The molecular weight excluding hydrogens is 276 g/mol. The molecule has 0 N–H and O–H groups in total. The summed E-state index contributed by atoms with van der Waals surface area (Å²) in [5, 5.41) is 0. The molecule has 2 nitrogen and oxygen atoms in total. The highest BCUT2D eigenvalue weighted by molar-refractivity contribution is 7.98. The van der Waals surface area contributed by atoms with Gasteiger partial charge in [0.1, 0.15) is 5.82 Å². The second-order valence-electron chi connectivity index (χ2n) is 5.20. The Balaban J connectivity index is 1.52. The molecule has 3 rings (SSSR count). The van der Waals surface area contributed by atoms with Crippen LogP contribution in [0, 0.1) is 6.92 Å². The summed E-state index contributed by atoms with van der Waals surface area (Å²) in [4.78, 5) is 4.61. The van der Waals surface area contributed by atoms with E-state index in [2.05, 4.69) is 65.0 Å². The molecule has 0 unspecified atom stereocenters. The summed E-state index contributed by atoms with van der Waals surface area (Å²) in [7, 11) is 0. The predicted octanol–water partition coefficient (Wildman–Crippen LogP) is 4.67. The summed E-state index contributed by atoms with van der Waals surface area (Å²) in [5.41, 5.74) is 3.77. The highest BCUT2D eigenvalue weighted by Gasteiger charge is 2.05. The van der Waals surface area contributed by atoms with Gasteiger partial charge < -0.3 is 4.57 Å². The molecule has 0 atom stereocenters. The van der Waals surface area contributed by atoms with Crippen molar-refractivity contribution < 1.29 is 0 Å². The molecule has 21 heavy (non-hydrogen) atoms. The fourth-order valence-electron chi connectivity index (χ4n) is 2.54. The van der Waals surface area contributed by atoms with E-state index in [4.69, 9.17) is 0 Å². The fourth-order valence-corrected chi connectivity index (χ4v) is 3.52. The molecule has 0 amide bonds. The third-order valence-electron chi connectivity index (χ3n) is 3.66. The van der Waals surface area contributed by atoms with Crippen molar-refractivity contribution in [1.29, 1.82) is 0 Å². The number of nitrogens with zero attached hydrogens (tertiary/aromatic N) is 2. The van der Waals surface area contributed by atoms with E-state index >= 15 is 0 Å². The van der Waals surface area contributed by atoms with E-state index in [0.29, 0.717) is 0 Å². The number of hydrogen-bond acceptors (Lipinski definition) is 2. The second-order valence-corrected chi connectivity index (χ2v) is 6.28. The van der Waals surface area contributed by atoms with Crippen molar-refractivity contribution in [3.8, 4) is 0 Å². The van der Waals surface area contributed by atoms with Crippen molar-refractivity contribution in [3.63, 3.8) is 0 Å². The summed E-state index contributed by atoms with van der Waals surface area (Å²) in [6.45, 7) is 2.09. The van der Waals surface area contributed by atoms with Crippen LogP contribution in [0.15, 0.2) is 54.6 Å². The van der Waals surface area contributed by atoms with Gasteiger partial charge in [0.25, 0.3) is 0 Å². The summed E-state index contributed by atoms with van der Waals surface area (Å²) >= 11 is 1.98. The van der Waals surface area contributed by atoms with Crippen molar-refractivity contribution in [2.24, 2.45) is 0 Å². The normalized spacial score (nSPS) is 11.1. The molecule has 0 fully saturated rings. The molecule has 0 aliphatic rings. The number of aromatic nitrogens is 2. The molecule has 0 aliphatic heterocycles. The predicted molar refractivity (Wildman–Crippen MR) is 91.7 cm³/mol. The first-order chi connectivity index (χ1) is 10.3. The zero-order valence-electron chi connectivity index (χ0n) is 12.3. The molecule has 3 aromatic rings. The van der Waals surface area contributed by atoms with Crippen molar-refractivity contribution in [2.75, 3.05) is 5.75 Å². The Bertz CT molecular complexity index is 704. The Hall–Kier alpha value is -1.74. The molecule has 0 bridgehead atoms. The Morgan fingerprint density at radius 2 is 1.76 bits per heavy atom. The molecule has 0 aliphatic carbocycles. The Labute approximate surface area is 130 Å². The molecule has 108 valence electrons. The zero-order valence-corrected chi connectivity index (χ0v) is 13.1. The van der Waals surface area contributed by atoms with E-state index in [0.717, 1.165) is 23.6 Å². The molecule has 0 saturated carbocycles. The standard InChI is InChI=1S/C18H20N2S/c1-15-19-17-11-5-6-12-18(17)20(15)14-21-13-7-10-16-8-3-2-4-9-16/h2-6,8-9,11-12H,7,10,13-14H2,1H3. The van der Waals surface area contributed by atoms with Crippen molar-refractivity contribution in [1.82, 2.24) is 9.55 Å². The van der Waals surface area contributed by atoms with Gasteiger partial charge in [-0.1, -0.05) is 42.5 Å². The summed E-state index contributed by atoms with van der Waals surface area (Å²) in [5.74, 6) is 3.27. The van der Waals surface area contributed by atoms with Gasteiger partial charge in [-0.05, 0) is 43.2 Å². The lowest BCUT2D eigenvalue weighted by Gasteiger charge is -2.07. The SMILES string of the molecule is Cc1nc2ccccc2n1CSCCCc1ccccc1. The van der Waals surface area contributed by atoms with Crippen molar-refractivity contribution >= 4 is 22.8 Å². The molecule has 1 aromatic heterocycles. The lowest BCUT2D eigenvalue weighted by atomic mass is 10.1.